The van der Waals surface area contributed by atoms with Gasteiger partial charge in [0.2, 0.25) is 0 Å². The van der Waals surface area contributed by atoms with Crippen LogP contribution in [0.5, 0.6) is 0 Å². The molecule has 1 heterocycles. The number of aromatic amines is 1. The van der Waals surface area contributed by atoms with Crippen molar-refractivity contribution in [2.75, 3.05) is 5.32 Å². The molecule has 2 N–H and O–H groups in total. The Balaban J connectivity index is 2.18. The zero-order valence-corrected chi connectivity index (χ0v) is 13.1. The smallest absolute Gasteiger partial charge is 0.321 e. The molecule has 0 aliphatic heterocycles. The van der Waals surface area contributed by atoms with E-state index < -0.39 is 10.8 Å². The lowest BCUT2D eigenvalue weighted by atomic mass is 10.3. The number of halogens is 2. The number of carbonyl (C=O) groups excluding carboxylic acids is 1. The van der Waals surface area contributed by atoms with Crippen LogP contribution in [0, 0.1) is 13.7 Å². The van der Waals surface area contributed by atoms with Gasteiger partial charge in [0.15, 0.2) is 5.69 Å². The second-order valence-electron chi connectivity index (χ2n) is 3.59. The molecule has 0 bridgehead atoms. The molecule has 0 saturated heterocycles. The summed E-state index contributed by atoms with van der Waals surface area (Å²) in [6.45, 7) is 0. The van der Waals surface area contributed by atoms with Crippen LogP contribution in [0.2, 0.25) is 0 Å². The summed E-state index contributed by atoms with van der Waals surface area (Å²) in [6.07, 6.45) is 0. The molecule has 1 aromatic heterocycles. The zero-order valence-electron chi connectivity index (χ0n) is 9.31. The number of hydrogen-bond acceptors (Lipinski definition) is 3. The van der Waals surface area contributed by atoms with E-state index in [1.807, 2.05) is 12.1 Å². The number of hydrogen-bond donors (Lipinski definition) is 2. The summed E-state index contributed by atoms with van der Waals surface area (Å²) >= 11 is 5.49. The molecule has 0 fully saturated rings. The van der Waals surface area contributed by atoms with Crippen LogP contribution in [-0.4, -0.2) is 15.8 Å². The van der Waals surface area contributed by atoms with Crippen molar-refractivity contribution < 1.29 is 9.72 Å². The second kappa shape index (κ2) is 5.70. The Morgan fingerprint density at radius 1 is 1.37 bits per heavy atom. The second-order valence-corrected chi connectivity index (χ2v) is 5.69. The first-order valence-electron chi connectivity index (χ1n) is 5.07. The SMILES string of the molecule is O=C(Nc1ccc(I)cc1Br)c1ccc([N+](=O)[O-])[nH]1. The molecule has 8 heteroatoms. The van der Waals surface area contributed by atoms with Gasteiger partial charge in [0.25, 0.3) is 5.91 Å². The molecule has 19 heavy (non-hydrogen) atoms. The molecular formula is C11H7BrIN3O3. The normalized spacial score (nSPS) is 10.2. The number of nitrogens with zero attached hydrogens (tertiary/aromatic N) is 1. The third-order valence-corrected chi connectivity index (χ3v) is 3.62. The van der Waals surface area contributed by atoms with Gasteiger partial charge in [0.05, 0.1) is 5.69 Å². The minimum Gasteiger partial charge on any atom is -0.358 e. The van der Waals surface area contributed by atoms with Crippen molar-refractivity contribution >= 4 is 55.9 Å². The standard InChI is InChI=1S/C11H7BrIN3O3/c12-7-5-6(13)1-2-8(7)15-11(17)9-3-4-10(14-9)16(18)19/h1-5,14H,(H,15,17). The number of H-pyrrole nitrogens is 1. The van der Waals surface area contributed by atoms with Gasteiger partial charge in [0.1, 0.15) is 0 Å². The number of benzene rings is 1. The van der Waals surface area contributed by atoms with E-state index in [2.05, 4.69) is 48.8 Å². The summed E-state index contributed by atoms with van der Waals surface area (Å²) in [6, 6.07) is 8.07. The Morgan fingerprint density at radius 2 is 2.11 bits per heavy atom. The van der Waals surface area contributed by atoms with Crippen molar-refractivity contribution in [2.24, 2.45) is 0 Å². The van der Waals surface area contributed by atoms with Crippen molar-refractivity contribution in [3.05, 3.63) is 54.2 Å². The maximum atomic E-state index is 11.9. The van der Waals surface area contributed by atoms with E-state index in [0.717, 1.165) is 8.04 Å². The summed E-state index contributed by atoms with van der Waals surface area (Å²) in [5.74, 6) is -0.651. The first-order valence-corrected chi connectivity index (χ1v) is 6.94. The topological polar surface area (TPSA) is 88.0 Å². The van der Waals surface area contributed by atoms with Crippen LogP contribution in [0.4, 0.5) is 11.5 Å². The molecule has 0 radical (unpaired) electrons. The summed E-state index contributed by atoms with van der Waals surface area (Å²) in [4.78, 5) is 24.3. The molecule has 0 unspecified atom stereocenters. The molecule has 0 aliphatic rings. The number of carbonyl (C=O) groups is 1. The lowest BCUT2D eigenvalue weighted by Gasteiger charge is -2.05. The summed E-state index contributed by atoms with van der Waals surface area (Å²) in [5.41, 5.74) is 0.736. The minimum absolute atomic E-state index is 0.136. The van der Waals surface area contributed by atoms with Crippen LogP contribution in [0.15, 0.2) is 34.8 Å². The Hall–Kier alpha value is -1.42. The third-order valence-electron chi connectivity index (χ3n) is 2.29. The van der Waals surface area contributed by atoms with Crippen LogP contribution in [0.3, 0.4) is 0 Å². The lowest BCUT2D eigenvalue weighted by Crippen LogP contribution is -2.12. The molecule has 0 atom stereocenters. The molecule has 0 spiro atoms. The van der Waals surface area contributed by atoms with Gasteiger partial charge in [-0.25, -0.2) is 4.98 Å². The number of aromatic nitrogens is 1. The molecular weight excluding hydrogens is 429 g/mol. The molecule has 2 aromatic rings. The van der Waals surface area contributed by atoms with E-state index in [0.29, 0.717) is 5.69 Å². The van der Waals surface area contributed by atoms with E-state index in [1.165, 1.54) is 12.1 Å². The minimum atomic E-state index is -0.586. The van der Waals surface area contributed by atoms with E-state index in [1.54, 1.807) is 6.07 Å². The van der Waals surface area contributed by atoms with E-state index in [4.69, 9.17) is 0 Å². The summed E-state index contributed by atoms with van der Waals surface area (Å²) < 4.78 is 1.77. The average molecular weight is 436 g/mol. The third kappa shape index (κ3) is 3.32. The average Bonchev–Trinajstić information content (AvgIpc) is 2.82. The molecule has 2 rings (SSSR count). The number of amides is 1. The van der Waals surface area contributed by atoms with Crippen LogP contribution in [0.25, 0.3) is 0 Å². The predicted octanol–water partition coefficient (Wildman–Crippen LogP) is 3.54. The van der Waals surface area contributed by atoms with Crippen LogP contribution in [0.1, 0.15) is 10.5 Å². The number of nitro groups is 1. The number of anilines is 1. The molecule has 1 aromatic carbocycles. The van der Waals surface area contributed by atoms with E-state index in [-0.39, 0.29) is 11.5 Å². The van der Waals surface area contributed by atoms with E-state index in [9.17, 15) is 14.9 Å². The van der Waals surface area contributed by atoms with Gasteiger partial charge in [0, 0.05) is 14.1 Å². The van der Waals surface area contributed by atoms with Gasteiger partial charge >= 0.3 is 5.82 Å². The fourth-order valence-electron chi connectivity index (χ4n) is 1.40. The van der Waals surface area contributed by atoms with Crippen molar-refractivity contribution in [1.82, 2.24) is 4.98 Å². The highest BCUT2D eigenvalue weighted by Crippen LogP contribution is 2.25. The van der Waals surface area contributed by atoms with Gasteiger partial charge in [-0.05, 0) is 67.7 Å². The first-order chi connectivity index (χ1) is 8.97. The quantitative estimate of drug-likeness (QED) is 0.439. The first kappa shape index (κ1) is 14.0. The monoisotopic (exact) mass is 435 g/mol. The van der Waals surface area contributed by atoms with Crippen LogP contribution in [-0.2, 0) is 0 Å². The Kier molecular flexibility index (Phi) is 4.20. The lowest BCUT2D eigenvalue weighted by molar-refractivity contribution is -0.389. The molecule has 98 valence electrons. The fourth-order valence-corrected chi connectivity index (χ4v) is 2.80. The molecule has 6 nitrogen and oxygen atoms in total. The van der Waals surface area contributed by atoms with Crippen molar-refractivity contribution in [3.63, 3.8) is 0 Å². The van der Waals surface area contributed by atoms with Crippen molar-refractivity contribution in [3.8, 4) is 0 Å². The zero-order chi connectivity index (χ0) is 14.0. The fraction of sp³-hybridized carbons (Fsp3) is 0. The Bertz CT molecular complexity index is 656. The van der Waals surface area contributed by atoms with Crippen LogP contribution >= 0.6 is 38.5 Å². The summed E-state index contributed by atoms with van der Waals surface area (Å²) in [5, 5.41) is 13.2. The van der Waals surface area contributed by atoms with Crippen molar-refractivity contribution in [1.29, 1.82) is 0 Å². The Morgan fingerprint density at radius 3 is 2.68 bits per heavy atom. The van der Waals surface area contributed by atoms with Crippen LogP contribution < -0.4 is 5.32 Å². The summed E-state index contributed by atoms with van der Waals surface area (Å²) in [7, 11) is 0. The maximum absolute atomic E-state index is 11.9. The number of rotatable bonds is 3. The largest absolute Gasteiger partial charge is 0.358 e. The highest BCUT2D eigenvalue weighted by Gasteiger charge is 2.16. The van der Waals surface area contributed by atoms with Gasteiger partial charge < -0.3 is 15.4 Å². The van der Waals surface area contributed by atoms with Gasteiger partial charge in [-0.15, -0.1) is 0 Å². The molecule has 0 saturated carbocycles. The number of nitrogens with one attached hydrogen (secondary N) is 2. The van der Waals surface area contributed by atoms with Gasteiger partial charge in [-0.3, -0.25) is 4.79 Å². The van der Waals surface area contributed by atoms with E-state index >= 15 is 0 Å². The van der Waals surface area contributed by atoms with Gasteiger partial charge in [-0.2, -0.15) is 0 Å². The van der Waals surface area contributed by atoms with Crippen molar-refractivity contribution in [2.45, 2.75) is 0 Å². The van der Waals surface area contributed by atoms with Gasteiger partial charge in [-0.1, -0.05) is 0 Å². The maximum Gasteiger partial charge on any atom is 0.321 e. The molecule has 0 aliphatic carbocycles. The predicted molar refractivity (Wildman–Crippen MR) is 82.3 cm³/mol. The highest BCUT2D eigenvalue weighted by atomic mass is 127. The Labute approximate surface area is 130 Å². The highest BCUT2D eigenvalue weighted by molar-refractivity contribution is 14.1. The molecule has 1 amide bonds.